The lowest BCUT2D eigenvalue weighted by molar-refractivity contribution is -0.137. The van der Waals surface area contributed by atoms with Gasteiger partial charge in [-0.3, -0.25) is 13.8 Å². The van der Waals surface area contributed by atoms with E-state index in [4.69, 9.17) is 0 Å². The van der Waals surface area contributed by atoms with E-state index < -0.39 is 27.3 Å². The van der Waals surface area contributed by atoms with Crippen molar-refractivity contribution in [1.29, 1.82) is 0 Å². The van der Waals surface area contributed by atoms with Crippen LogP contribution >= 0.6 is 0 Å². The number of rotatable bonds is 6. The van der Waals surface area contributed by atoms with E-state index in [1.54, 1.807) is 18.4 Å². The highest BCUT2D eigenvalue weighted by Crippen LogP contribution is 2.38. The van der Waals surface area contributed by atoms with Crippen molar-refractivity contribution in [3.05, 3.63) is 84.4 Å². The molecule has 9 heteroatoms. The Kier molecular flexibility index (Phi) is 6.66. The lowest BCUT2D eigenvalue weighted by Crippen LogP contribution is -2.15. The van der Waals surface area contributed by atoms with Gasteiger partial charge in [-0.05, 0) is 61.6 Å². The second-order valence-electron chi connectivity index (χ2n) is 9.31. The molecule has 0 bridgehead atoms. The lowest BCUT2D eigenvalue weighted by atomic mass is 10.1. The molecule has 5 nitrogen and oxygen atoms in total. The fourth-order valence-corrected chi connectivity index (χ4v) is 5.04. The molecule has 0 unspecified atom stereocenters. The minimum Gasteiger partial charge on any atom is -0.384 e. The molecule has 1 N–H and O–H groups in total. The van der Waals surface area contributed by atoms with E-state index in [0.29, 0.717) is 11.4 Å². The number of aromatic nitrogens is 3. The number of aliphatic hydroxyl groups is 1. The molecule has 2 aromatic heterocycles. The second-order valence-corrected chi connectivity index (χ2v) is 12.7. The van der Waals surface area contributed by atoms with Crippen LogP contribution in [-0.2, 0) is 21.7 Å². The van der Waals surface area contributed by atoms with Crippen LogP contribution in [0.1, 0.15) is 32.0 Å². The molecule has 2 aromatic carbocycles. The van der Waals surface area contributed by atoms with Gasteiger partial charge in [-0.25, -0.2) is 4.98 Å². The van der Waals surface area contributed by atoms with Crippen molar-refractivity contribution in [2.75, 3.05) is 12.0 Å². The number of benzene rings is 2. The third-order valence-corrected chi connectivity index (χ3v) is 8.75. The summed E-state index contributed by atoms with van der Waals surface area (Å²) in [6.07, 6.45) is 0.923. The van der Waals surface area contributed by atoms with Crippen molar-refractivity contribution in [2.45, 2.75) is 37.4 Å². The maximum absolute atomic E-state index is 13.8. The highest BCUT2D eigenvalue weighted by Gasteiger charge is 2.35. The molecule has 2 heterocycles. The standard InChI is InChI=1S/C27H28F3N3O2S/c1-5-36(4,35)21-8-6-7-19(15-21)18-9-11-20(12-10-18)33-17-24(26(2,3)34)32-25(33)22-16-31-14-13-23(22)27(28,29)30/h6-17,34,36H,5H2,1-4H3. The molecule has 0 spiro atoms. The molecule has 0 fully saturated rings. The highest BCUT2D eigenvalue weighted by atomic mass is 32.2. The van der Waals surface area contributed by atoms with E-state index in [1.807, 2.05) is 43.3 Å². The number of thiol groups is 1. The Labute approximate surface area is 209 Å². The first kappa shape index (κ1) is 25.8. The Morgan fingerprint density at radius 1 is 1.03 bits per heavy atom. The molecule has 0 aliphatic carbocycles. The van der Waals surface area contributed by atoms with Crippen molar-refractivity contribution in [1.82, 2.24) is 14.5 Å². The summed E-state index contributed by atoms with van der Waals surface area (Å²) >= 11 is 0. The Morgan fingerprint density at radius 2 is 1.72 bits per heavy atom. The summed E-state index contributed by atoms with van der Waals surface area (Å²) in [5.41, 5.74) is 0.149. The van der Waals surface area contributed by atoms with E-state index in [9.17, 15) is 22.5 Å². The summed E-state index contributed by atoms with van der Waals surface area (Å²) < 4.78 is 55.6. The second kappa shape index (κ2) is 9.29. The predicted molar refractivity (Wildman–Crippen MR) is 137 cm³/mol. The van der Waals surface area contributed by atoms with Crippen molar-refractivity contribution in [3.63, 3.8) is 0 Å². The molecule has 0 radical (unpaired) electrons. The van der Waals surface area contributed by atoms with Crippen molar-refractivity contribution >= 4 is 9.93 Å². The van der Waals surface area contributed by atoms with Crippen molar-refractivity contribution in [3.8, 4) is 28.2 Å². The lowest BCUT2D eigenvalue weighted by Gasteiger charge is -2.17. The van der Waals surface area contributed by atoms with Gasteiger partial charge in [-0.2, -0.15) is 13.2 Å². The van der Waals surface area contributed by atoms with Gasteiger partial charge in [0, 0.05) is 40.5 Å². The van der Waals surface area contributed by atoms with Crippen LogP contribution in [0.2, 0.25) is 0 Å². The molecule has 0 saturated carbocycles. The molecule has 4 rings (SSSR count). The summed E-state index contributed by atoms with van der Waals surface area (Å²) in [7, 11) is -2.44. The van der Waals surface area contributed by atoms with Gasteiger partial charge >= 0.3 is 6.18 Å². The van der Waals surface area contributed by atoms with E-state index in [0.717, 1.165) is 34.5 Å². The van der Waals surface area contributed by atoms with Gasteiger partial charge < -0.3 is 5.11 Å². The van der Waals surface area contributed by atoms with Crippen molar-refractivity contribution in [2.24, 2.45) is 0 Å². The highest BCUT2D eigenvalue weighted by molar-refractivity contribution is 8.02. The molecule has 36 heavy (non-hydrogen) atoms. The summed E-state index contributed by atoms with van der Waals surface area (Å²) in [5.74, 6) is 0.591. The normalized spacial score (nSPS) is 13.1. The van der Waals surface area contributed by atoms with Crippen LogP contribution in [-0.4, -0.2) is 35.9 Å². The van der Waals surface area contributed by atoms with Crippen LogP contribution in [0.5, 0.6) is 0 Å². The zero-order valence-electron chi connectivity index (χ0n) is 20.4. The van der Waals surface area contributed by atoms with Gasteiger partial charge in [0.05, 0.1) is 11.3 Å². The van der Waals surface area contributed by atoms with Gasteiger partial charge in [-0.15, -0.1) is 0 Å². The van der Waals surface area contributed by atoms with Gasteiger partial charge in [0.1, 0.15) is 11.4 Å². The minimum absolute atomic E-state index is 0.0252. The summed E-state index contributed by atoms with van der Waals surface area (Å²) in [5, 5.41) is 10.5. The first-order chi connectivity index (χ1) is 16.8. The third-order valence-electron chi connectivity index (χ3n) is 6.17. The van der Waals surface area contributed by atoms with Gasteiger partial charge in [-0.1, -0.05) is 41.1 Å². The third kappa shape index (κ3) is 5.12. The first-order valence-corrected chi connectivity index (χ1v) is 13.8. The number of pyridine rings is 1. The van der Waals surface area contributed by atoms with Crippen LogP contribution in [0.25, 0.3) is 28.2 Å². The average molecular weight is 516 g/mol. The number of hydrogen-bond acceptors (Lipinski definition) is 4. The Balaban J connectivity index is 1.82. The SMILES string of the molecule is CC[SH](C)(=O)c1cccc(-c2ccc(-n3cc(C(C)(C)O)nc3-c3cnccc3C(F)(F)F)cc2)c1. The van der Waals surface area contributed by atoms with Gasteiger partial charge in [0.15, 0.2) is 0 Å². The van der Waals surface area contributed by atoms with E-state index >= 15 is 0 Å². The smallest absolute Gasteiger partial charge is 0.384 e. The largest absolute Gasteiger partial charge is 0.417 e. The van der Waals surface area contributed by atoms with E-state index in [-0.39, 0.29) is 17.1 Å². The Bertz CT molecular complexity index is 1440. The maximum Gasteiger partial charge on any atom is 0.417 e. The van der Waals surface area contributed by atoms with Crippen molar-refractivity contribution < 1.29 is 22.5 Å². The summed E-state index contributed by atoms with van der Waals surface area (Å²) in [4.78, 5) is 9.06. The number of halogens is 3. The molecule has 0 aliphatic heterocycles. The zero-order valence-corrected chi connectivity index (χ0v) is 21.3. The topological polar surface area (TPSA) is 68.0 Å². The summed E-state index contributed by atoms with van der Waals surface area (Å²) in [6.45, 7) is 4.95. The Morgan fingerprint density at radius 3 is 2.33 bits per heavy atom. The molecular weight excluding hydrogens is 487 g/mol. The Hall–Kier alpha value is -3.30. The van der Waals surface area contributed by atoms with Gasteiger partial charge in [0.2, 0.25) is 0 Å². The van der Waals surface area contributed by atoms with Crippen LogP contribution in [0.15, 0.2) is 78.1 Å². The van der Waals surface area contributed by atoms with E-state index in [1.165, 1.54) is 24.6 Å². The predicted octanol–water partition coefficient (Wildman–Crippen LogP) is 5.87. The number of hydrogen-bond donors (Lipinski definition) is 2. The average Bonchev–Trinajstić information content (AvgIpc) is 3.30. The molecule has 190 valence electrons. The molecule has 0 saturated heterocycles. The number of nitrogens with zero attached hydrogens (tertiary/aromatic N) is 3. The molecule has 0 aliphatic rings. The molecule has 0 amide bonds. The van der Waals surface area contributed by atoms with Crippen LogP contribution in [0.3, 0.4) is 0 Å². The van der Waals surface area contributed by atoms with Crippen LogP contribution < -0.4 is 0 Å². The van der Waals surface area contributed by atoms with Crippen LogP contribution in [0, 0.1) is 0 Å². The summed E-state index contributed by atoms with van der Waals surface area (Å²) in [6, 6.07) is 15.7. The number of alkyl halides is 3. The van der Waals surface area contributed by atoms with Gasteiger partial charge in [0.25, 0.3) is 0 Å². The molecular formula is C27H28F3N3O2S. The fourth-order valence-electron chi connectivity index (χ4n) is 3.86. The van der Waals surface area contributed by atoms with E-state index in [2.05, 4.69) is 9.97 Å². The quantitative estimate of drug-likeness (QED) is 0.315. The minimum atomic E-state index is -4.60. The monoisotopic (exact) mass is 515 g/mol. The fraction of sp³-hybridized carbons (Fsp3) is 0.259. The molecule has 0 atom stereocenters. The van der Waals surface area contributed by atoms with Crippen LogP contribution in [0.4, 0.5) is 13.2 Å². The first-order valence-electron chi connectivity index (χ1n) is 11.4. The maximum atomic E-state index is 13.8. The zero-order chi connectivity index (χ0) is 26.3. The number of imidazole rings is 1. The molecule has 4 aromatic rings.